The van der Waals surface area contributed by atoms with Crippen LogP contribution in [0.4, 0.5) is 0 Å². The van der Waals surface area contributed by atoms with E-state index in [1.165, 1.54) is 4.90 Å². The molecule has 0 aliphatic carbocycles. The fourth-order valence-electron chi connectivity index (χ4n) is 2.44. The lowest BCUT2D eigenvalue weighted by molar-refractivity contribution is -0.162. The molecule has 5 nitrogen and oxygen atoms in total. The molecule has 5 heteroatoms. The van der Waals surface area contributed by atoms with Gasteiger partial charge in [0.15, 0.2) is 0 Å². The molecule has 1 fully saturated rings. The molecule has 2 rings (SSSR count). The number of hydrogen-bond acceptors (Lipinski definition) is 4. The van der Waals surface area contributed by atoms with Crippen LogP contribution in [0.5, 0.6) is 0 Å². The van der Waals surface area contributed by atoms with Gasteiger partial charge in [0, 0.05) is 13.1 Å². The molecule has 20 heavy (non-hydrogen) atoms. The van der Waals surface area contributed by atoms with Crippen LogP contribution < -0.4 is 0 Å². The lowest BCUT2D eigenvalue weighted by Crippen LogP contribution is -2.47. The summed E-state index contributed by atoms with van der Waals surface area (Å²) >= 11 is 0. The number of benzene rings is 1. The largest absolute Gasteiger partial charge is 0.459 e. The molecule has 0 bridgehead atoms. The molecule has 1 heterocycles. The first-order valence-corrected chi connectivity index (χ1v) is 6.81. The van der Waals surface area contributed by atoms with Crippen LogP contribution in [-0.2, 0) is 19.9 Å². The topological polar surface area (TPSA) is 66.8 Å². The van der Waals surface area contributed by atoms with E-state index < -0.39 is 17.5 Å². The van der Waals surface area contributed by atoms with Gasteiger partial charge in [0.25, 0.3) is 0 Å². The summed E-state index contributed by atoms with van der Waals surface area (Å²) in [6.45, 7) is 2.55. The molecule has 0 saturated carbocycles. The number of amides is 1. The van der Waals surface area contributed by atoms with Gasteiger partial charge in [0.05, 0.1) is 12.2 Å². The SMILES string of the molecule is CCOC(=O)C(=O)N1CCC(O)(c2ccccc2)CC1. The smallest absolute Gasteiger partial charge is 0.397 e. The second-order valence-corrected chi connectivity index (χ2v) is 4.91. The molecule has 1 aromatic rings. The van der Waals surface area contributed by atoms with E-state index in [2.05, 4.69) is 0 Å². The van der Waals surface area contributed by atoms with Crippen LogP contribution in [0.2, 0.25) is 0 Å². The molecule has 0 atom stereocenters. The van der Waals surface area contributed by atoms with E-state index in [0.717, 1.165) is 5.56 Å². The Hall–Kier alpha value is -1.88. The van der Waals surface area contributed by atoms with Crippen molar-refractivity contribution >= 4 is 11.9 Å². The van der Waals surface area contributed by atoms with Gasteiger partial charge in [0.1, 0.15) is 0 Å². The van der Waals surface area contributed by atoms with E-state index in [9.17, 15) is 14.7 Å². The van der Waals surface area contributed by atoms with Crippen LogP contribution in [0.1, 0.15) is 25.3 Å². The summed E-state index contributed by atoms with van der Waals surface area (Å²) in [5.74, 6) is -1.44. The molecule has 108 valence electrons. The third-order valence-corrected chi connectivity index (χ3v) is 3.64. The number of piperidine rings is 1. The summed E-state index contributed by atoms with van der Waals surface area (Å²) in [5.41, 5.74) is -0.0737. The predicted octanol–water partition coefficient (Wildman–Crippen LogP) is 1.06. The Labute approximate surface area is 118 Å². The Morgan fingerprint density at radius 2 is 1.85 bits per heavy atom. The maximum Gasteiger partial charge on any atom is 0.397 e. The number of hydrogen-bond donors (Lipinski definition) is 1. The van der Waals surface area contributed by atoms with E-state index >= 15 is 0 Å². The summed E-state index contributed by atoms with van der Waals surface area (Å²) < 4.78 is 4.70. The second kappa shape index (κ2) is 6.05. The molecule has 0 radical (unpaired) electrons. The lowest BCUT2D eigenvalue weighted by Gasteiger charge is -2.38. The van der Waals surface area contributed by atoms with Gasteiger partial charge in [-0.2, -0.15) is 0 Å². The highest BCUT2D eigenvalue weighted by Gasteiger charge is 2.36. The van der Waals surface area contributed by atoms with Gasteiger partial charge in [-0.15, -0.1) is 0 Å². The van der Waals surface area contributed by atoms with Gasteiger partial charge in [-0.3, -0.25) is 4.79 Å². The molecule has 1 saturated heterocycles. The van der Waals surface area contributed by atoms with E-state index in [-0.39, 0.29) is 6.61 Å². The molecule has 1 N–H and O–H groups in total. The van der Waals surface area contributed by atoms with Gasteiger partial charge in [-0.05, 0) is 25.3 Å². The molecular weight excluding hydrogens is 258 g/mol. The maximum absolute atomic E-state index is 11.8. The molecule has 1 amide bonds. The normalized spacial score (nSPS) is 17.6. The zero-order valence-corrected chi connectivity index (χ0v) is 11.5. The number of carbonyl (C=O) groups excluding carboxylic acids is 2. The highest BCUT2D eigenvalue weighted by molar-refractivity contribution is 6.32. The second-order valence-electron chi connectivity index (χ2n) is 4.91. The summed E-state index contributed by atoms with van der Waals surface area (Å²) in [6.07, 6.45) is 0.838. The molecule has 1 aliphatic rings. The standard InChI is InChI=1S/C15H19NO4/c1-2-20-14(18)13(17)16-10-8-15(19,9-11-16)12-6-4-3-5-7-12/h3-7,19H,2,8-11H2,1H3. The highest BCUT2D eigenvalue weighted by Crippen LogP contribution is 2.32. The number of carbonyl (C=O) groups is 2. The first-order valence-electron chi connectivity index (χ1n) is 6.81. The third kappa shape index (κ3) is 2.99. The van der Waals surface area contributed by atoms with Crippen LogP contribution >= 0.6 is 0 Å². The Kier molecular flexibility index (Phi) is 4.39. The molecular formula is C15H19NO4. The van der Waals surface area contributed by atoms with Crippen molar-refractivity contribution in [3.8, 4) is 0 Å². The fourth-order valence-corrected chi connectivity index (χ4v) is 2.44. The van der Waals surface area contributed by atoms with Crippen molar-refractivity contribution in [3.05, 3.63) is 35.9 Å². The monoisotopic (exact) mass is 277 g/mol. The fraction of sp³-hybridized carbons (Fsp3) is 0.467. The number of ether oxygens (including phenoxy) is 1. The van der Waals surface area contributed by atoms with E-state index in [0.29, 0.717) is 25.9 Å². The van der Waals surface area contributed by atoms with Gasteiger partial charge in [0.2, 0.25) is 0 Å². The van der Waals surface area contributed by atoms with Crippen molar-refractivity contribution in [2.75, 3.05) is 19.7 Å². The quantitative estimate of drug-likeness (QED) is 0.648. The summed E-state index contributed by atoms with van der Waals surface area (Å²) in [4.78, 5) is 24.6. The zero-order chi connectivity index (χ0) is 14.6. The Bertz CT molecular complexity index is 478. The molecule has 0 spiro atoms. The lowest BCUT2D eigenvalue weighted by atomic mass is 9.84. The molecule has 1 aromatic carbocycles. The number of nitrogens with zero attached hydrogens (tertiary/aromatic N) is 1. The van der Waals surface area contributed by atoms with Crippen LogP contribution in [0, 0.1) is 0 Å². The average Bonchev–Trinajstić information content (AvgIpc) is 2.48. The minimum absolute atomic E-state index is 0.187. The minimum Gasteiger partial charge on any atom is -0.459 e. The number of likely N-dealkylation sites (tertiary alicyclic amines) is 1. The van der Waals surface area contributed by atoms with Crippen LogP contribution in [0.15, 0.2) is 30.3 Å². The summed E-state index contributed by atoms with van der Waals surface area (Å²) in [7, 11) is 0. The number of esters is 1. The Morgan fingerprint density at radius 3 is 2.40 bits per heavy atom. The first kappa shape index (κ1) is 14.5. The van der Waals surface area contributed by atoms with Crippen molar-refractivity contribution in [2.24, 2.45) is 0 Å². The van der Waals surface area contributed by atoms with Crippen LogP contribution in [0.25, 0.3) is 0 Å². The van der Waals surface area contributed by atoms with Gasteiger partial charge < -0.3 is 14.7 Å². The molecule has 1 aliphatic heterocycles. The van der Waals surface area contributed by atoms with E-state index in [4.69, 9.17) is 4.74 Å². The van der Waals surface area contributed by atoms with E-state index in [1.807, 2.05) is 30.3 Å². The minimum atomic E-state index is -0.924. The maximum atomic E-state index is 11.8. The van der Waals surface area contributed by atoms with Crippen molar-refractivity contribution in [3.63, 3.8) is 0 Å². The van der Waals surface area contributed by atoms with Crippen molar-refractivity contribution in [2.45, 2.75) is 25.4 Å². The Morgan fingerprint density at radius 1 is 1.25 bits per heavy atom. The third-order valence-electron chi connectivity index (χ3n) is 3.64. The zero-order valence-electron chi connectivity index (χ0n) is 11.5. The summed E-state index contributed by atoms with van der Waals surface area (Å²) in [5, 5.41) is 10.6. The van der Waals surface area contributed by atoms with Crippen molar-refractivity contribution in [1.82, 2.24) is 4.90 Å². The number of rotatable bonds is 2. The predicted molar refractivity (Wildman–Crippen MR) is 72.8 cm³/mol. The summed E-state index contributed by atoms with van der Waals surface area (Å²) in [6, 6.07) is 9.41. The molecule has 0 aromatic heterocycles. The van der Waals surface area contributed by atoms with Crippen LogP contribution in [-0.4, -0.2) is 41.6 Å². The highest BCUT2D eigenvalue weighted by atomic mass is 16.5. The van der Waals surface area contributed by atoms with Crippen LogP contribution in [0.3, 0.4) is 0 Å². The van der Waals surface area contributed by atoms with Gasteiger partial charge in [-0.1, -0.05) is 30.3 Å². The average molecular weight is 277 g/mol. The first-order chi connectivity index (χ1) is 9.57. The van der Waals surface area contributed by atoms with Crippen molar-refractivity contribution in [1.29, 1.82) is 0 Å². The Balaban J connectivity index is 1.99. The van der Waals surface area contributed by atoms with Gasteiger partial charge >= 0.3 is 11.9 Å². The number of aliphatic hydroxyl groups is 1. The van der Waals surface area contributed by atoms with Gasteiger partial charge in [-0.25, -0.2) is 4.79 Å². The van der Waals surface area contributed by atoms with Crippen molar-refractivity contribution < 1.29 is 19.4 Å². The molecule has 0 unspecified atom stereocenters. The van der Waals surface area contributed by atoms with E-state index in [1.54, 1.807) is 6.92 Å².